The summed E-state index contributed by atoms with van der Waals surface area (Å²) in [6, 6.07) is 6.02. The predicted molar refractivity (Wildman–Crippen MR) is 75.3 cm³/mol. The van der Waals surface area contributed by atoms with Crippen molar-refractivity contribution in [2.45, 2.75) is 10.2 Å². The Morgan fingerprint density at radius 3 is 2.76 bits per heavy atom. The van der Waals surface area contributed by atoms with Crippen LogP contribution in [0.5, 0.6) is 5.75 Å². The van der Waals surface area contributed by atoms with Gasteiger partial charge >= 0.3 is 0 Å². The molecule has 0 spiro atoms. The van der Waals surface area contributed by atoms with E-state index in [1.54, 1.807) is 25.3 Å². The molecule has 0 unspecified atom stereocenters. The van der Waals surface area contributed by atoms with Gasteiger partial charge in [-0.25, -0.2) is 18.7 Å². The first-order valence-corrected chi connectivity index (χ1v) is 6.71. The summed E-state index contributed by atoms with van der Waals surface area (Å²) < 4.78 is 31.8. The number of rotatable bonds is 3. The molecule has 0 aliphatic rings. The van der Waals surface area contributed by atoms with Crippen molar-refractivity contribution in [2.24, 2.45) is 0 Å². The summed E-state index contributed by atoms with van der Waals surface area (Å²) in [5.41, 5.74) is 6.79. The lowest BCUT2D eigenvalue weighted by molar-refractivity contribution is 0.415. The zero-order valence-electron chi connectivity index (χ0n) is 10.9. The molecule has 0 saturated heterocycles. The molecule has 3 N–H and O–H groups in total. The zero-order chi connectivity index (χ0) is 15.0. The molecule has 0 amide bonds. The minimum absolute atomic E-state index is 0.0417. The van der Waals surface area contributed by atoms with Gasteiger partial charge in [0.2, 0.25) is 0 Å². The van der Waals surface area contributed by atoms with Gasteiger partial charge in [-0.2, -0.15) is 0 Å². The van der Waals surface area contributed by atoms with Gasteiger partial charge in [0.1, 0.15) is 10.8 Å². The summed E-state index contributed by atoms with van der Waals surface area (Å²) in [6.45, 7) is 0. The average molecular weight is 308 g/mol. The molecule has 0 bridgehead atoms. The Morgan fingerprint density at radius 1 is 1.19 bits per heavy atom. The normalized spacial score (nSPS) is 11.0. The number of imidazole rings is 1. The van der Waals surface area contributed by atoms with Crippen molar-refractivity contribution in [2.75, 3.05) is 12.8 Å². The minimum Gasteiger partial charge on any atom is -0.497 e. The van der Waals surface area contributed by atoms with E-state index in [1.807, 2.05) is 0 Å². The number of nitrogens with zero attached hydrogens (tertiary/aromatic N) is 2. The van der Waals surface area contributed by atoms with Crippen molar-refractivity contribution in [3.05, 3.63) is 35.9 Å². The van der Waals surface area contributed by atoms with E-state index in [0.717, 1.165) is 17.3 Å². The van der Waals surface area contributed by atoms with E-state index in [2.05, 4.69) is 15.0 Å². The Kier molecular flexibility index (Phi) is 3.38. The molecule has 0 saturated carbocycles. The Bertz CT molecular complexity index is 821. The number of pyridine rings is 1. The van der Waals surface area contributed by atoms with Gasteiger partial charge in [0.25, 0.3) is 0 Å². The SMILES string of the molecule is COc1ccc2nc(Sc3nc(N)c(F)cc3F)[nH]c2c1. The maximum atomic E-state index is 13.6. The Labute approximate surface area is 122 Å². The number of hydrogen-bond donors (Lipinski definition) is 2. The third-order valence-electron chi connectivity index (χ3n) is 2.79. The van der Waals surface area contributed by atoms with E-state index >= 15 is 0 Å². The summed E-state index contributed by atoms with van der Waals surface area (Å²) in [7, 11) is 1.56. The first-order valence-electron chi connectivity index (χ1n) is 5.90. The quantitative estimate of drug-likeness (QED) is 0.778. The second kappa shape index (κ2) is 5.21. The lowest BCUT2D eigenvalue weighted by Gasteiger charge is -2.01. The first kappa shape index (κ1) is 13.6. The topological polar surface area (TPSA) is 76.8 Å². The van der Waals surface area contributed by atoms with Crippen molar-refractivity contribution >= 4 is 28.6 Å². The van der Waals surface area contributed by atoms with Gasteiger partial charge in [0, 0.05) is 12.1 Å². The summed E-state index contributed by atoms with van der Waals surface area (Å²) in [5.74, 6) is -1.34. The fraction of sp³-hybridized carbons (Fsp3) is 0.0769. The number of hydrogen-bond acceptors (Lipinski definition) is 5. The van der Waals surface area contributed by atoms with Gasteiger partial charge in [-0.15, -0.1) is 0 Å². The molecule has 0 atom stereocenters. The van der Waals surface area contributed by atoms with Crippen molar-refractivity contribution in [3.8, 4) is 5.75 Å². The highest BCUT2D eigenvalue weighted by Gasteiger charge is 2.13. The third kappa shape index (κ3) is 2.62. The first-order chi connectivity index (χ1) is 10.1. The Hall–Kier alpha value is -2.35. The number of aromatic amines is 1. The van der Waals surface area contributed by atoms with E-state index < -0.39 is 11.6 Å². The largest absolute Gasteiger partial charge is 0.497 e. The van der Waals surface area contributed by atoms with E-state index in [-0.39, 0.29) is 10.8 Å². The summed E-state index contributed by atoms with van der Waals surface area (Å²) in [4.78, 5) is 11.0. The molecule has 3 aromatic rings. The van der Waals surface area contributed by atoms with Crippen LogP contribution in [-0.2, 0) is 0 Å². The summed E-state index contributed by atoms with van der Waals surface area (Å²) >= 11 is 0.936. The molecule has 0 aliphatic carbocycles. The average Bonchev–Trinajstić information content (AvgIpc) is 2.85. The number of halogens is 2. The Balaban J connectivity index is 1.96. The van der Waals surface area contributed by atoms with Crippen LogP contribution >= 0.6 is 11.8 Å². The van der Waals surface area contributed by atoms with Crippen molar-refractivity contribution < 1.29 is 13.5 Å². The van der Waals surface area contributed by atoms with E-state index in [9.17, 15) is 8.78 Å². The van der Waals surface area contributed by atoms with Gasteiger partial charge < -0.3 is 15.5 Å². The highest BCUT2D eigenvalue weighted by molar-refractivity contribution is 7.99. The highest BCUT2D eigenvalue weighted by Crippen LogP contribution is 2.30. The number of H-pyrrole nitrogens is 1. The molecule has 21 heavy (non-hydrogen) atoms. The minimum atomic E-state index is -0.883. The summed E-state index contributed by atoms with van der Waals surface area (Å²) in [6.07, 6.45) is 0. The number of anilines is 1. The molecule has 108 valence electrons. The zero-order valence-corrected chi connectivity index (χ0v) is 11.7. The molecule has 0 radical (unpaired) electrons. The molecule has 3 rings (SSSR count). The smallest absolute Gasteiger partial charge is 0.172 e. The Morgan fingerprint density at radius 2 is 2.00 bits per heavy atom. The molecule has 2 heterocycles. The van der Waals surface area contributed by atoms with Crippen molar-refractivity contribution in [3.63, 3.8) is 0 Å². The van der Waals surface area contributed by atoms with Crippen LogP contribution in [0.1, 0.15) is 0 Å². The second-order valence-electron chi connectivity index (χ2n) is 4.17. The maximum Gasteiger partial charge on any atom is 0.172 e. The number of fused-ring (bicyclic) bond motifs is 1. The van der Waals surface area contributed by atoms with Gasteiger partial charge in [-0.3, -0.25) is 0 Å². The number of aromatic nitrogens is 3. The fourth-order valence-electron chi connectivity index (χ4n) is 1.77. The van der Waals surface area contributed by atoms with E-state index in [0.29, 0.717) is 22.5 Å². The number of benzene rings is 1. The molecule has 8 heteroatoms. The molecule has 0 aliphatic heterocycles. The van der Waals surface area contributed by atoms with Crippen LogP contribution in [0.2, 0.25) is 0 Å². The fourth-order valence-corrected chi connectivity index (χ4v) is 2.56. The van der Waals surface area contributed by atoms with Gasteiger partial charge in [0.05, 0.1) is 18.1 Å². The lowest BCUT2D eigenvalue weighted by atomic mass is 10.3. The van der Waals surface area contributed by atoms with E-state index in [1.165, 1.54) is 0 Å². The van der Waals surface area contributed by atoms with Crippen LogP contribution in [0.3, 0.4) is 0 Å². The summed E-state index contributed by atoms with van der Waals surface area (Å²) in [5, 5.41) is 0.385. The molecule has 2 aromatic heterocycles. The van der Waals surface area contributed by atoms with Gasteiger partial charge in [0.15, 0.2) is 22.6 Å². The second-order valence-corrected chi connectivity index (χ2v) is 5.15. The monoisotopic (exact) mass is 308 g/mol. The molecule has 0 fully saturated rings. The van der Waals surface area contributed by atoms with Crippen molar-refractivity contribution in [1.29, 1.82) is 0 Å². The predicted octanol–water partition coefficient (Wildman–Crippen LogP) is 2.98. The van der Waals surface area contributed by atoms with Crippen LogP contribution in [-0.4, -0.2) is 22.1 Å². The van der Waals surface area contributed by atoms with Crippen LogP contribution < -0.4 is 10.5 Å². The highest BCUT2D eigenvalue weighted by atomic mass is 32.2. The third-order valence-corrected chi connectivity index (χ3v) is 3.65. The van der Waals surface area contributed by atoms with Crippen LogP contribution in [0.25, 0.3) is 11.0 Å². The van der Waals surface area contributed by atoms with Crippen LogP contribution in [0.4, 0.5) is 14.6 Å². The number of ether oxygens (including phenoxy) is 1. The number of nitrogens with two attached hydrogens (primary N) is 1. The lowest BCUT2D eigenvalue weighted by Crippen LogP contribution is -1.98. The number of nitrogen functional groups attached to an aromatic ring is 1. The van der Waals surface area contributed by atoms with Crippen LogP contribution in [0.15, 0.2) is 34.4 Å². The molecular weight excluding hydrogens is 298 g/mol. The van der Waals surface area contributed by atoms with E-state index in [4.69, 9.17) is 10.5 Å². The molecule has 1 aromatic carbocycles. The van der Waals surface area contributed by atoms with Gasteiger partial charge in [-0.05, 0) is 23.9 Å². The molecule has 5 nitrogen and oxygen atoms in total. The maximum absolute atomic E-state index is 13.6. The van der Waals surface area contributed by atoms with Gasteiger partial charge in [-0.1, -0.05) is 0 Å². The van der Waals surface area contributed by atoms with Crippen molar-refractivity contribution in [1.82, 2.24) is 15.0 Å². The number of nitrogens with one attached hydrogen (secondary N) is 1. The standard InChI is InChI=1S/C13H10F2N4OS/c1-20-6-2-3-9-10(4-6)18-13(17-9)21-12-8(15)5-7(14)11(16)19-12/h2-5H,1H3,(H2,16,19)(H,17,18). The van der Waals surface area contributed by atoms with Crippen LogP contribution in [0, 0.1) is 11.6 Å². The number of methoxy groups -OCH3 is 1. The molecular formula is C13H10F2N4OS.